The van der Waals surface area contributed by atoms with E-state index in [1.807, 2.05) is 6.92 Å². The zero-order chi connectivity index (χ0) is 13.8. The van der Waals surface area contributed by atoms with Crippen LogP contribution >= 0.6 is 11.3 Å². The second kappa shape index (κ2) is 6.23. The Bertz CT molecular complexity index is 583. The first-order chi connectivity index (χ1) is 9.81. The maximum Gasteiger partial charge on any atom is 0.0901 e. The van der Waals surface area contributed by atoms with E-state index in [2.05, 4.69) is 52.1 Å². The summed E-state index contributed by atoms with van der Waals surface area (Å²) in [6.07, 6.45) is 8.35. The molecule has 0 radical (unpaired) electrons. The summed E-state index contributed by atoms with van der Waals surface area (Å²) in [7, 11) is 0. The van der Waals surface area contributed by atoms with E-state index in [-0.39, 0.29) is 0 Å². The topological polar surface area (TPSA) is 24.9 Å². The average Bonchev–Trinajstić information content (AvgIpc) is 2.93. The van der Waals surface area contributed by atoms with Crippen LogP contribution in [0, 0.1) is 12.8 Å². The molecule has 1 aliphatic rings. The Hall–Kier alpha value is -1.61. The molecule has 104 valence electrons. The van der Waals surface area contributed by atoms with Gasteiger partial charge in [0.05, 0.1) is 10.7 Å². The van der Waals surface area contributed by atoms with Gasteiger partial charge in [0.25, 0.3) is 0 Å². The fourth-order valence-electron chi connectivity index (χ4n) is 2.56. The highest BCUT2D eigenvalue weighted by atomic mass is 32.1. The van der Waals surface area contributed by atoms with Crippen molar-refractivity contribution in [2.75, 3.05) is 11.9 Å². The highest BCUT2D eigenvalue weighted by Gasteiger charge is 2.09. The Morgan fingerprint density at radius 2 is 2.10 bits per heavy atom. The second-order valence-corrected chi connectivity index (χ2v) is 6.42. The van der Waals surface area contributed by atoms with Gasteiger partial charge in [-0.15, -0.1) is 11.3 Å². The molecule has 1 aliphatic carbocycles. The Morgan fingerprint density at radius 3 is 2.75 bits per heavy atom. The molecule has 20 heavy (non-hydrogen) atoms. The minimum Gasteiger partial charge on any atom is -0.385 e. The molecule has 1 aromatic carbocycles. The molecule has 3 heteroatoms. The van der Waals surface area contributed by atoms with Gasteiger partial charge in [-0.1, -0.05) is 24.3 Å². The second-order valence-electron chi connectivity index (χ2n) is 5.36. The van der Waals surface area contributed by atoms with E-state index in [0.717, 1.165) is 23.2 Å². The highest BCUT2D eigenvalue weighted by molar-refractivity contribution is 7.09. The lowest BCUT2D eigenvalue weighted by Crippen LogP contribution is -2.15. The largest absolute Gasteiger partial charge is 0.385 e. The zero-order valence-corrected chi connectivity index (χ0v) is 12.6. The maximum absolute atomic E-state index is 4.52. The molecular weight excluding hydrogens is 264 g/mol. The quantitative estimate of drug-likeness (QED) is 0.809. The number of nitrogens with zero attached hydrogens (tertiary/aromatic N) is 1. The third-order valence-electron chi connectivity index (χ3n) is 3.77. The van der Waals surface area contributed by atoms with Gasteiger partial charge < -0.3 is 5.32 Å². The molecule has 0 aliphatic heterocycles. The van der Waals surface area contributed by atoms with Gasteiger partial charge >= 0.3 is 0 Å². The summed E-state index contributed by atoms with van der Waals surface area (Å²) in [6.45, 7) is 3.11. The van der Waals surface area contributed by atoms with Crippen molar-refractivity contribution in [3.63, 3.8) is 0 Å². The molecular formula is C17H20N2S. The SMILES string of the molecule is Cc1nc(-c2ccc(NCC3CC=CCC3)cc2)cs1. The Morgan fingerprint density at radius 1 is 1.25 bits per heavy atom. The van der Waals surface area contributed by atoms with Crippen LogP contribution in [0.3, 0.4) is 0 Å². The first-order valence-electron chi connectivity index (χ1n) is 7.23. The smallest absolute Gasteiger partial charge is 0.0901 e. The maximum atomic E-state index is 4.52. The number of thiazole rings is 1. The predicted octanol–water partition coefficient (Wildman–Crippen LogP) is 4.89. The Kier molecular flexibility index (Phi) is 4.16. The standard InChI is InChI=1S/C17H20N2S/c1-13-19-17(12-20-13)15-7-9-16(10-8-15)18-11-14-5-3-2-4-6-14/h2-3,7-10,12,14,18H,4-6,11H2,1H3. The molecule has 0 amide bonds. The van der Waals surface area contributed by atoms with E-state index < -0.39 is 0 Å². The lowest BCUT2D eigenvalue weighted by atomic mass is 9.94. The van der Waals surface area contributed by atoms with Crippen LogP contribution in [0.25, 0.3) is 11.3 Å². The van der Waals surface area contributed by atoms with Crippen LogP contribution in [0.2, 0.25) is 0 Å². The van der Waals surface area contributed by atoms with Gasteiger partial charge in [-0.25, -0.2) is 4.98 Å². The molecule has 1 atom stereocenters. The minimum absolute atomic E-state index is 0.779. The van der Waals surface area contributed by atoms with Crippen LogP contribution in [0.4, 0.5) is 5.69 Å². The third kappa shape index (κ3) is 3.28. The number of aryl methyl sites for hydroxylation is 1. The third-order valence-corrected chi connectivity index (χ3v) is 4.55. The monoisotopic (exact) mass is 284 g/mol. The molecule has 1 heterocycles. The van der Waals surface area contributed by atoms with E-state index in [4.69, 9.17) is 0 Å². The zero-order valence-electron chi connectivity index (χ0n) is 11.8. The first-order valence-corrected chi connectivity index (χ1v) is 8.10. The van der Waals surface area contributed by atoms with Gasteiger partial charge in [-0.2, -0.15) is 0 Å². The van der Waals surface area contributed by atoms with Crippen LogP contribution in [0.15, 0.2) is 41.8 Å². The van der Waals surface area contributed by atoms with Gasteiger partial charge in [0.2, 0.25) is 0 Å². The van der Waals surface area contributed by atoms with Crippen molar-refractivity contribution >= 4 is 17.0 Å². The van der Waals surface area contributed by atoms with Gasteiger partial charge in [-0.05, 0) is 44.2 Å². The number of hydrogen-bond donors (Lipinski definition) is 1. The summed E-state index contributed by atoms with van der Waals surface area (Å²) >= 11 is 1.70. The Labute approximate surface area is 124 Å². The number of allylic oxidation sites excluding steroid dienone is 2. The van der Waals surface area contributed by atoms with E-state index in [0.29, 0.717) is 0 Å². The normalized spacial score (nSPS) is 18.1. The Balaban J connectivity index is 1.60. The highest BCUT2D eigenvalue weighted by Crippen LogP contribution is 2.24. The number of anilines is 1. The number of rotatable bonds is 4. The number of nitrogens with one attached hydrogen (secondary N) is 1. The average molecular weight is 284 g/mol. The number of benzene rings is 1. The summed E-state index contributed by atoms with van der Waals surface area (Å²) in [5, 5.41) is 6.78. The molecule has 0 bridgehead atoms. The van der Waals surface area contributed by atoms with E-state index >= 15 is 0 Å². The van der Waals surface area contributed by atoms with Crippen LogP contribution in [0.5, 0.6) is 0 Å². The fraction of sp³-hybridized carbons (Fsp3) is 0.353. The molecule has 1 aromatic heterocycles. The molecule has 1 N–H and O–H groups in total. The molecule has 0 fully saturated rings. The molecule has 0 spiro atoms. The first kappa shape index (κ1) is 13.4. The molecule has 0 saturated carbocycles. The number of hydrogen-bond acceptors (Lipinski definition) is 3. The van der Waals surface area contributed by atoms with Crippen molar-refractivity contribution in [2.24, 2.45) is 5.92 Å². The lowest BCUT2D eigenvalue weighted by Gasteiger charge is -2.18. The summed E-state index contributed by atoms with van der Waals surface area (Å²) < 4.78 is 0. The molecule has 2 aromatic rings. The molecule has 2 nitrogen and oxygen atoms in total. The fourth-order valence-corrected chi connectivity index (χ4v) is 3.18. The summed E-state index contributed by atoms with van der Waals surface area (Å²) in [6, 6.07) is 8.61. The summed E-state index contributed by atoms with van der Waals surface area (Å²) in [5.74, 6) is 0.779. The summed E-state index contributed by atoms with van der Waals surface area (Å²) in [5.41, 5.74) is 3.48. The van der Waals surface area contributed by atoms with Crippen molar-refractivity contribution < 1.29 is 0 Å². The van der Waals surface area contributed by atoms with Gasteiger partial charge in [-0.3, -0.25) is 0 Å². The van der Waals surface area contributed by atoms with Crippen molar-refractivity contribution in [1.82, 2.24) is 4.98 Å². The van der Waals surface area contributed by atoms with E-state index in [1.165, 1.54) is 30.5 Å². The minimum atomic E-state index is 0.779. The van der Waals surface area contributed by atoms with Crippen molar-refractivity contribution in [1.29, 1.82) is 0 Å². The van der Waals surface area contributed by atoms with E-state index in [9.17, 15) is 0 Å². The molecule has 1 unspecified atom stereocenters. The number of aromatic nitrogens is 1. The van der Waals surface area contributed by atoms with Crippen molar-refractivity contribution in [2.45, 2.75) is 26.2 Å². The summed E-state index contributed by atoms with van der Waals surface area (Å²) in [4.78, 5) is 4.52. The van der Waals surface area contributed by atoms with E-state index in [1.54, 1.807) is 11.3 Å². The van der Waals surface area contributed by atoms with Crippen LogP contribution in [-0.4, -0.2) is 11.5 Å². The molecule has 3 rings (SSSR count). The van der Waals surface area contributed by atoms with Crippen LogP contribution < -0.4 is 5.32 Å². The van der Waals surface area contributed by atoms with Crippen LogP contribution in [-0.2, 0) is 0 Å². The van der Waals surface area contributed by atoms with Gasteiger partial charge in [0, 0.05) is 23.2 Å². The van der Waals surface area contributed by atoms with Crippen LogP contribution in [0.1, 0.15) is 24.3 Å². The van der Waals surface area contributed by atoms with Gasteiger partial charge in [0.1, 0.15) is 0 Å². The predicted molar refractivity (Wildman–Crippen MR) is 87.3 cm³/mol. The van der Waals surface area contributed by atoms with Crippen molar-refractivity contribution in [3.05, 3.63) is 46.8 Å². The lowest BCUT2D eigenvalue weighted by molar-refractivity contribution is 0.504. The van der Waals surface area contributed by atoms with Gasteiger partial charge in [0.15, 0.2) is 0 Å². The van der Waals surface area contributed by atoms with Crippen molar-refractivity contribution in [3.8, 4) is 11.3 Å². The molecule has 0 saturated heterocycles.